The molecule has 26 heavy (non-hydrogen) atoms. The van der Waals surface area contributed by atoms with Gasteiger partial charge in [-0.2, -0.15) is 0 Å². The molecule has 1 amide bonds. The average Bonchev–Trinajstić information content (AvgIpc) is 2.61. The molecule has 0 spiro atoms. The monoisotopic (exact) mass is 358 g/mol. The first kappa shape index (κ1) is 19.6. The minimum absolute atomic E-state index is 0.246. The summed E-state index contributed by atoms with van der Waals surface area (Å²) in [5.41, 5.74) is 7.59. The standard InChI is InChI=1S/C20H23FN2O3/c21-16-10-4-8-14(12-16)9-5-11-18(20(25)26)23-19(24)17(22)13-15-6-2-1-3-7-15/h1-4,6-8,10,12,17-18H,5,9,11,13,22H2,(H,23,24)(H,25,26)/t17-,18?/m0/s1. The van der Waals surface area contributed by atoms with Crippen LogP contribution >= 0.6 is 0 Å². The quantitative estimate of drug-likeness (QED) is 0.641. The zero-order chi connectivity index (χ0) is 18.9. The third kappa shape index (κ3) is 6.29. The highest BCUT2D eigenvalue weighted by Crippen LogP contribution is 2.10. The molecule has 1 unspecified atom stereocenters. The van der Waals surface area contributed by atoms with Crippen LogP contribution in [0.15, 0.2) is 54.6 Å². The molecule has 6 heteroatoms. The number of carbonyl (C=O) groups is 2. The molecule has 4 N–H and O–H groups in total. The average molecular weight is 358 g/mol. The summed E-state index contributed by atoms with van der Waals surface area (Å²) in [6.07, 6.45) is 1.63. The zero-order valence-corrected chi connectivity index (χ0v) is 14.4. The van der Waals surface area contributed by atoms with E-state index in [2.05, 4.69) is 5.32 Å². The minimum atomic E-state index is -1.11. The van der Waals surface area contributed by atoms with Crippen LogP contribution in [0, 0.1) is 5.82 Å². The van der Waals surface area contributed by atoms with Gasteiger partial charge in [0.15, 0.2) is 0 Å². The topological polar surface area (TPSA) is 92.4 Å². The van der Waals surface area contributed by atoms with Crippen molar-refractivity contribution < 1.29 is 19.1 Å². The van der Waals surface area contributed by atoms with Crippen molar-refractivity contribution in [3.05, 3.63) is 71.5 Å². The number of benzene rings is 2. The number of amides is 1. The van der Waals surface area contributed by atoms with E-state index < -0.39 is 24.0 Å². The number of rotatable bonds is 9. The highest BCUT2D eigenvalue weighted by molar-refractivity contribution is 5.86. The number of carbonyl (C=O) groups excluding carboxylic acids is 1. The molecule has 2 atom stereocenters. The fraction of sp³-hybridized carbons (Fsp3) is 0.300. The first-order valence-electron chi connectivity index (χ1n) is 8.53. The van der Waals surface area contributed by atoms with Gasteiger partial charge >= 0.3 is 5.97 Å². The summed E-state index contributed by atoms with van der Waals surface area (Å²) in [6, 6.07) is 13.6. The van der Waals surface area contributed by atoms with E-state index in [0.29, 0.717) is 19.3 Å². The highest BCUT2D eigenvalue weighted by Gasteiger charge is 2.23. The Balaban J connectivity index is 1.84. The fourth-order valence-electron chi connectivity index (χ4n) is 2.70. The van der Waals surface area contributed by atoms with E-state index in [-0.39, 0.29) is 12.2 Å². The largest absolute Gasteiger partial charge is 0.480 e. The molecule has 0 aliphatic rings. The van der Waals surface area contributed by atoms with Gasteiger partial charge in [0, 0.05) is 0 Å². The number of aryl methyl sites for hydroxylation is 1. The predicted molar refractivity (Wildman–Crippen MR) is 97.0 cm³/mol. The Morgan fingerprint density at radius 3 is 2.42 bits per heavy atom. The van der Waals surface area contributed by atoms with Crippen molar-refractivity contribution in [3.63, 3.8) is 0 Å². The van der Waals surface area contributed by atoms with Gasteiger partial charge in [-0.25, -0.2) is 9.18 Å². The van der Waals surface area contributed by atoms with Gasteiger partial charge in [0.2, 0.25) is 5.91 Å². The lowest BCUT2D eigenvalue weighted by molar-refractivity contribution is -0.142. The molecule has 2 rings (SSSR count). The van der Waals surface area contributed by atoms with E-state index in [0.717, 1.165) is 11.1 Å². The normalized spacial score (nSPS) is 13.0. The minimum Gasteiger partial charge on any atom is -0.480 e. The van der Waals surface area contributed by atoms with Crippen LogP contribution in [0.2, 0.25) is 0 Å². The van der Waals surface area contributed by atoms with Crippen LogP contribution in [0.5, 0.6) is 0 Å². The molecule has 0 aliphatic carbocycles. The van der Waals surface area contributed by atoms with Crippen LogP contribution in [0.1, 0.15) is 24.0 Å². The van der Waals surface area contributed by atoms with Crippen molar-refractivity contribution in [2.75, 3.05) is 0 Å². The first-order valence-corrected chi connectivity index (χ1v) is 8.53. The highest BCUT2D eigenvalue weighted by atomic mass is 19.1. The molecule has 0 aromatic heterocycles. The maximum Gasteiger partial charge on any atom is 0.326 e. The lowest BCUT2D eigenvalue weighted by atomic mass is 10.0. The Kier molecular flexibility index (Phi) is 7.29. The molecule has 0 heterocycles. The lowest BCUT2D eigenvalue weighted by Crippen LogP contribution is -2.49. The molecule has 0 saturated heterocycles. The molecule has 2 aromatic carbocycles. The molecule has 5 nitrogen and oxygen atoms in total. The van der Waals surface area contributed by atoms with Crippen molar-refractivity contribution in [1.29, 1.82) is 0 Å². The Labute approximate surface area is 152 Å². The SMILES string of the molecule is N[C@@H](Cc1ccccc1)C(=O)NC(CCCc1cccc(F)c1)C(=O)O. The third-order valence-corrected chi connectivity index (χ3v) is 4.10. The van der Waals surface area contributed by atoms with Gasteiger partial charge in [0.25, 0.3) is 0 Å². The van der Waals surface area contributed by atoms with Gasteiger partial charge in [-0.3, -0.25) is 4.79 Å². The molecule has 0 radical (unpaired) electrons. The van der Waals surface area contributed by atoms with Crippen molar-refractivity contribution in [3.8, 4) is 0 Å². The number of hydrogen-bond acceptors (Lipinski definition) is 3. The molecule has 138 valence electrons. The second-order valence-corrected chi connectivity index (χ2v) is 6.22. The maximum absolute atomic E-state index is 13.2. The summed E-state index contributed by atoms with van der Waals surface area (Å²) in [4.78, 5) is 23.6. The lowest BCUT2D eigenvalue weighted by Gasteiger charge is -2.18. The Morgan fingerprint density at radius 1 is 1.08 bits per heavy atom. The summed E-state index contributed by atoms with van der Waals surface area (Å²) >= 11 is 0. The first-order chi connectivity index (χ1) is 12.5. The predicted octanol–water partition coefficient (Wildman–Crippen LogP) is 2.29. The molecular formula is C20H23FN2O3. The third-order valence-electron chi connectivity index (χ3n) is 4.10. The van der Waals surface area contributed by atoms with Crippen molar-refractivity contribution in [1.82, 2.24) is 5.32 Å². The van der Waals surface area contributed by atoms with Crippen LogP contribution in [-0.2, 0) is 22.4 Å². The summed E-state index contributed by atoms with van der Waals surface area (Å²) in [5.74, 6) is -1.92. The molecule has 0 aliphatic heterocycles. The number of halogens is 1. The van der Waals surface area contributed by atoms with E-state index in [4.69, 9.17) is 5.73 Å². The van der Waals surface area contributed by atoms with Crippen molar-refractivity contribution >= 4 is 11.9 Å². The second kappa shape index (κ2) is 9.68. The zero-order valence-electron chi connectivity index (χ0n) is 14.4. The van der Waals surface area contributed by atoms with Crippen LogP contribution in [0.3, 0.4) is 0 Å². The van der Waals surface area contributed by atoms with Crippen LogP contribution in [0.25, 0.3) is 0 Å². The maximum atomic E-state index is 13.2. The van der Waals surface area contributed by atoms with E-state index in [1.54, 1.807) is 12.1 Å². The summed E-state index contributed by atoms with van der Waals surface area (Å²) in [7, 11) is 0. The molecule has 2 aromatic rings. The summed E-state index contributed by atoms with van der Waals surface area (Å²) in [5, 5.41) is 11.8. The van der Waals surface area contributed by atoms with Gasteiger partial charge in [-0.1, -0.05) is 42.5 Å². The molecule has 0 bridgehead atoms. The van der Waals surface area contributed by atoms with E-state index in [1.807, 2.05) is 30.3 Å². The van der Waals surface area contributed by atoms with Gasteiger partial charge in [0.1, 0.15) is 11.9 Å². The van der Waals surface area contributed by atoms with Gasteiger partial charge in [-0.05, 0) is 48.9 Å². The Morgan fingerprint density at radius 2 is 1.77 bits per heavy atom. The number of carboxylic acid groups (broad SMARTS) is 1. The Bertz CT molecular complexity index is 737. The van der Waals surface area contributed by atoms with Gasteiger partial charge in [0.05, 0.1) is 6.04 Å². The number of carboxylic acids is 1. The van der Waals surface area contributed by atoms with E-state index >= 15 is 0 Å². The summed E-state index contributed by atoms with van der Waals surface area (Å²) in [6.45, 7) is 0. The number of hydrogen-bond donors (Lipinski definition) is 3. The van der Waals surface area contributed by atoms with Crippen LogP contribution < -0.4 is 11.1 Å². The number of nitrogens with two attached hydrogens (primary N) is 1. The van der Waals surface area contributed by atoms with Gasteiger partial charge < -0.3 is 16.2 Å². The molecule has 0 fully saturated rings. The molecule has 0 saturated carbocycles. The van der Waals surface area contributed by atoms with Crippen molar-refractivity contribution in [2.45, 2.75) is 37.8 Å². The van der Waals surface area contributed by atoms with Gasteiger partial charge in [-0.15, -0.1) is 0 Å². The number of nitrogens with one attached hydrogen (secondary N) is 1. The second-order valence-electron chi connectivity index (χ2n) is 6.22. The smallest absolute Gasteiger partial charge is 0.326 e. The van der Waals surface area contributed by atoms with E-state index in [9.17, 15) is 19.1 Å². The fourth-order valence-corrected chi connectivity index (χ4v) is 2.70. The van der Waals surface area contributed by atoms with Crippen LogP contribution in [-0.4, -0.2) is 29.1 Å². The van der Waals surface area contributed by atoms with Crippen molar-refractivity contribution in [2.24, 2.45) is 5.73 Å². The van der Waals surface area contributed by atoms with E-state index in [1.165, 1.54) is 12.1 Å². The number of aliphatic carboxylic acids is 1. The van der Waals surface area contributed by atoms with Crippen LogP contribution in [0.4, 0.5) is 4.39 Å². The molecular weight excluding hydrogens is 335 g/mol. The summed E-state index contributed by atoms with van der Waals surface area (Å²) < 4.78 is 13.2. The Hall–Kier alpha value is -2.73.